The maximum Gasteiger partial charge on any atom is -1.00 e. The van der Waals surface area contributed by atoms with Gasteiger partial charge in [-0.3, -0.25) is 0 Å². The van der Waals surface area contributed by atoms with E-state index in [0.717, 1.165) is 33.2 Å². The fourth-order valence-corrected chi connectivity index (χ4v) is 27.3. The Balaban J connectivity index is 0.00000127. The molecule has 0 bridgehead atoms. The molecule has 2 saturated carbocycles. The summed E-state index contributed by atoms with van der Waals surface area (Å²) in [5.74, 6) is 6.03. The summed E-state index contributed by atoms with van der Waals surface area (Å²) in [6.45, 7) is 7.37. The molecule has 7 rings (SSSR count). The first-order chi connectivity index (χ1) is 16.0. The molecule has 7 aliphatic rings. The molecule has 1 saturated heterocycles. The van der Waals surface area contributed by atoms with Gasteiger partial charge in [-0.1, -0.05) is 0 Å². The maximum atomic E-state index is 2.68. The Morgan fingerprint density at radius 1 is 0.629 bits per heavy atom. The van der Waals surface area contributed by atoms with E-state index in [1.54, 1.807) is 13.8 Å². The Bertz CT molecular complexity index is 1100. The number of fused-ring (bicyclic) bond motifs is 8. The normalized spacial score (nSPS) is 41.7. The van der Waals surface area contributed by atoms with Crippen molar-refractivity contribution in [1.29, 1.82) is 0 Å². The predicted molar refractivity (Wildman–Crippen MR) is 136 cm³/mol. The molecule has 0 amide bonds. The van der Waals surface area contributed by atoms with Crippen LogP contribution in [0.5, 0.6) is 0 Å². The van der Waals surface area contributed by atoms with Gasteiger partial charge in [-0.05, 0) is 0 Å². The van der Waals surface area contributed by atoms with E-state index in [2.05, 4.69) is 106 Å². The van der Waals surface area contributed by atoms with Gasteiger partial charge < -0.3 is 24.8 Å². The van der Waals surface area contributed by atoms with E-state index < -0.39 is 20.3 Å². The smallest absolute Gasteiger partial charge is 1.00 e. The van der Waals surface area contributed by atoms with Crippen LogP contribution in [-0.2, 0) is 20.3 Å². The molecular weight excluding hydrogens is 546 g/mol. The summed E-state index contributed by atoms with van der Waals surface area (Å²) in [6, 6.07) is 0. The molecule has 3 heteroatoms. The molecule has 0 spiro atoms. The molecule has 0 radical (unpaired) electrons. The fraction of sp³-hybridized carbons (Fsp3) is 0.500. The monoisotopic (exact) mass is 582 g/mol. The number of hydrogen-bond donors (Lipinski definition) is 0. The van der Waals surface area contributed by atoms with Gasteiger partial charge in [-0.15, -0.1) is 0 Å². The molecule has 1 heterocycles. The van der Waals surface area contributed by atoms with E-state index >= 15 is 0 Å². The molecule has 6 aliphatic carbocycles. The van der Waals surface area contributed by atoms with Crippen molar-refractivity contribution in [3.63, 3.8) is 0 Å². The van der Waals surface area contributed by atoms with Crippen molar-refractivity contribution in [2.75, 3.05) is 0 Å². The van der Waals surface area contributed by atoms with Gasteiger partial charge in [0, 0.05) is 0 Å². The summed E-state index contributed by atoms with van der Waals surface area (Å²) in [5, 5.41) is 0. The van der Waals surface area contributed by atoms with E-state index in [0.29, 0.717) is 23.2 Å². The van der Waals surface area contributed by atoms with Crippen LogP contribution in [0.1, 0.15) is 27.2 Å². The first-order valence-corrected chi connectivity index (χ1v) is 19.6. The van der Waals surface area contributed by atoms with Crippen LogP contribution in [0.2, 0.25) is 11.9 Å². The third kappa shape index (κ3) is 3.77. The summed E-state index contributed by atoms with van der Waals surface area (Å²) >= 11 is -2.45. The van der Waals surface area contributed by atoms with Gasteiger partial charge in [0.2, 0.25) is 0 Å². The molecule has 3 fully saturated rings. The Morgan fingerprint density at radius 2 is 1.09 bits per heavy atom. The summed E-state index contributed by atoms with van der Waals surface area (Å²) < 4.78 is 6.23. The molecule has 0 nitrogen and oxygen atoms in total. The van der Waals surface area contributed by atoms with Crippen molar-refractivity contribution in [3.05, 3.63) is 93.9 Å². The number of halogens is 2. The number of rotatable bonds is 2. The zero-order valence-corrected chi connectivity index (χ0v) is 25.1. The third-order valence-electron chi connectivity index (χ3n) is 10.5. The van der Waals surface area contributed by atoms with Crippen LogP contribution in [0.15, 0.2) is 93.9 Å². The van der Waals surface area contributed by atoms with Crippen LogP contribution >= 0.6 is 0 Å². The Hall–Kier alpha value is -0.617. The van der Waals surface area contributed by atoms with Gasteiger partial charge in [0.15, 0.2) is 0 Å². The molecule has 0 aromatic heterocycles. The summed E-state index contributed by atoms with van der Waals surface area (Å²) in [7, 11) is 0. The summed E-state index contributed by atoms with van der Waals surface area (Å²) in [6.07, 6.45) is 36.3. The van der Waals surface area contributed by atoms with Gasteiger partial charge in [-0.25, -0.2) is 0 Å². The first kappa shape index (κ1) is 26.0. The topological polar surface area (TPSA) is 0 Å². The minimum atomic E-state index is -2.45. The molecule has 0 aromatic rings. The van der Waals surface area contributed by atoms with Crippen LogP contribution in [0.3, 0.4) is 0 Å². The molecule has 9 atom stereocenters. The van der Waals surface area contributed by atoms with Crippen molar-refractivity contribution in [2.24, 2.45) is 52.8 Å². The van der Waals surface area contributed by atoms with Gasteiger partial charge >= 0.3 is 206 Å². The van der Waals surface area contributed by atoms with Crippen molar-refractivity contribution in [3.8, 4) is 0 Å². The molecule has 0 aromatic carbocycles. The molecule has 1 aliphatic heterocycles. The molecule has 9 unspecified atom stereocenters. The van der Waals surface area contributed by atoms with E-state index in [9.17, 15) is 0 Å². The van der Waals surface area contributed by atoms with Gasteiger partial charge in [0.05, 0.1) is 0 Å². The summed E-state index contributed by atoms with van der Waals surface area (Å²) in [5.41, 5.74) is 2.04. The standard InChI is InChI=1S/C21H21.C9H13.C2H4.2ClH.Zr/c1-2-8-15-14(7-1)13-20-18-11-4-3-9-16(18)17-10-5-6-12-19(17)21(15)20;1-9(2,3)8-6-4-5-7-8;1-2;;;/h1-21H;4,6H,5H2,1-3H3;1-2H2;2*1H;/q;;;;;+2/p-2. The summed E-state index contributed by atoms with van der Waals surface area (Å²) in [4.78, 5) is 0. The Morgan fingerprint density at radius 3 is 1.60 bits per heavy atom. The minimum absolute atomic E-state index is 0. The van der Waals surface area contributed by atoms with Crippen LogP contribution in [-0.4, -0.2) is 0 Å². The predicted octanol–water partition coefficient (Wildman–Crippen LogP) is 2.38. The van der Waals surface area contributed by atoms with Crippen molar-refractivity contribution in [2.45, 2.75) is 39.1 Å². The average Bonchev–Trinajstić information content (AvgIpc) is 3.29. The second-order valence-electron chi connectivity index (χ2n) is 12.9. The van der Waals surface area contributed by atoms with Gasteiger partial charge in [-0.2, -0.15) is 0 Å². The zero-order chi connectivity index (χ0) is 22.4. The second-order valence-corrected chi connectivity index (χ2v) is 24.1. The molecule has 0 N–H and O–H groups in total. The second kappa shape index (κ2) is 9.29. The van der Waals surface area contributed by atoms with Crippen molar-refractivity contribution >= 4 is 0 Å². The number of hydrogen-bond acceptors (Lipinski definition) is 0. The molecule has 35 heavy (non-hydrogen) atoms. The Kier molecular flexibility index (Phi) is 6.90. The quantitative estimate of drug-likeness (QED) is 0.468. The molecular formula is C32H38Cl2Zr. The average molecular weight is 585 g/mol. The van der Waals surface area contributed by atoms with Crippen molar-refractivity contribution in [1.82, 2.24) is 0 Å². The van der Waals surface area contributed by atoms with E-state index in [-0.39, 0.29) is 24.8 Å². The van der Waals surface area contributed by atoms with Gasteiger partial charge in [0.1, 0.15) is 0 Å². The van der Waals surface area contributed by atoms with Gasteiger partial charge in [0.25, 0.3) is 0 Å². The van der Waals surface area contributed by atoms with Crippen LogP contribution in [0.4, 0.5) is 0 Å². The van der Waals surface area contributed by atoms with E-state index in [1.807, 2.05) is 3.28 Å². The Labute approximate surface area is 229 Å². The minimum Gasteiger partial charge on any atom is -1.00 e. The third-order valence-corrected chi connectivity index (χ3v) is 23.5. The van der Waals surface area contributed by atoms with Crippen molar-refractivity contribution < 1.29 is 45.1 Å². The van der Waals surface area contributed by atoms with E-state index in [4.69, 9.17) is 0 Å². The van der Waals surface area contributed by atoms with E-state index in [1.165, 1.54) is 6.42 Å². The van der Waals surface area contributed by atoms with Crippen LogP contribution in [0, 0.1) is 52.8 Å². The largest absolute Gasteiger partial charge is 1.00 e. The molecule has 184 valence electrons. The van der Waals surface area contributed by atoms with Crippen LogP contribution in [0.25, 0.3) is 0 Å². The SMILES string of the molecule is CC(C)(C)C1=[C]([Zr+2]2([CH]3C4C=CC=CC4C4C5C=CC=CC5C5C=CC=CC5C43)[CH2][CH2]2)CC=C1.[Cl-].[Cl-]. The number of allylic oxidation sites excluding steroid dienone is 16. The fourth-order valence-electron chi connectivity index (χ4n) is 9.36. The zero-order valence-electron chi connectivity index (χ0n) is 21.2. The van der Waals surface area contributed by atoms with Crippen LogP contribution < -0.4 is 24.8 Å². The first-order valence-electron chi connectivity index (χ1n) is 13.5. The maximum absolute atomic E-state index is 2.68.